The lowest BCUT2D eigenvalue weighted by molar-refractivity contribution is 0.356. The first-order valence-corrected chi connectivity index (χ1v) is 12.4. The molecule has 10 nitrogen and oxygen atoms in total. The molecule has 0 aliphatic rings. The van der Waals surface area contributed by atoms with E-state index in [1.54, 1.807) is 74.6 Å². The maximum Gasteiger partial charge on any atom is 0.251 e. The maximum atomic E-state index is 11.8. The molecule has 0 N–H and O–H groups in total. The summed E-state index contributed by atoms with van der Waals surface area (Å²) in [7, 11) is -0.154. The minimum atomic E-state index is -3.27. The summed E-state index contributed by atoms with van der Waals surface area (Å²) in [4.78, 5) is 14.1. The standard InChI is InChI=1S/C24H21N5O5S/c1-14-26-20(13-34-14)23-18-9-21(32-2)22(33-3)10-19(18)27-24(28-23)29-12-16(11-25-29)15-5-7-17(8-6-15)35(4,30)31/h5-13H,1-4H3. The van der Waals surface area contributed by atoms with Crippen molar-refractivity contribution in [2.24, 2.45) is 0 Å². The third-order valence-corrected chi connectivity index (χ3v) is 6.58. The van der Waals surface area contributed by atoms with Gasteiger partial charge in [-0.15, -0.1) is 0 Å². The van der Waals surface area contributed by atoms with E-state index in [9.17, 15) is 8.42 Å². The number of aryl methyl sites for hydroxylation is 1. The van der Waals surface area contributed by atoms with Gasteiger partial charge in [-0.3, -0.25) is 0 Å². The Kier molecular flexibility index (Phi) is 5.48. The molecule has 11 heteroatoms. The van der Waals surface area contributed by atoms with Crippen LogP contribution in [-0.2, 0) is 9.84 Å². The highest BCUT2D eigenvalue weighted by atomic mass is 32.2. The van der Waals surface area contributed by atoms with E-state index >= 15 is 0 Å². The number of rotatable bonds is 6. The molecule has 2 aromatic carbocycles. The van der Waals surface area contributed by atoms with Gasteiger partial charge in [-0.1, -0.05) is 12.1 Å². The van der Waals surface area contributed by atoms with Crippen LogP contribution in [0, 0.1) is 6.92 Å². The zero-order valence-corrected chi connectivity index (χ0v) is 20.2. The molecule has 3 heterocycles. The van der Waals surface area contributed by atoms with Gasteiger partial charge < -0.3 is 13.9 Å². The van der Waals surface area contributed by atoms with Crippen molar-refractivity contribution in [3.8, 4) is 40.0 Å². The molecular weight excluding hydrogens is 470 g/mol. The Hall–Kier alpha value is -4.25. The van der Waals surface area contributed by atoms with Gasteiger partial charge in [0.2, 0.25) is 0 Å². The largest absolute Gasteiger partial charge is 0.493 e. The SMILES string of the molecule is COc1cc2nc(-n3cc(-c4ccc(S(C)(=O)=O)cc4)cn3)nc(-c3coc(C)n3)c2cc1OC. The Morgan fingerprint density at radius 1 is 0.943 bits per heavy atom. The highest BCUT2D eigenvalue weighted by Gasteiger charge is 2.18. The van der Waals surface area contributed by atoms with Gasteiger partial charge in [-0.2, -0.15) is 5.10 Å². The van der Waals surface area contributed by atoms with Gasteiger partial charge in [0.1, 0.15) is 17.7 Å². The molecule has 5 rings (SSSR count). The highest BCUT2D eigenvalue weighted by Crippen LogP contribution is 2.36. The summed E-state index contributed by atoms with van der Waals surface area (Å²) in [5.74, 6) is 1.89. The van der Waals surface area contributed by atoms with Crippen molar-refractivity contribution < 1.29 is 22.3 Å². The van der Waals surface area contributed by atoms with Gasteiger partial charge in [-0.05, 0) is 23.8 Å². The van der Waals surface area contributed by atoms with Gasteiger partial charge in [0.15, 0.2) is 27.2 Å². The molecule has 0 saturated carbocycles. The van der Waals surface area contributed by atoms with Crippen LogP contribution in [0.1, 0.15) is 5.89 Å². The van der Waals surface area contributed by atoms with Crippen molar-refractivity contribution in [3.63, 3.8) is 0 Å². The van der Waals surface area contributed by atoms with Crippen LogP contribution in [0.25, 0.3) is 39.4 Å². The molecule has 0 fully saturated rings. The Balaban J connectivity index is 1.64. The number of sulfone groups is 1. The van der Waals surface area contributed by atoms with Crippen LogP contribution in [-0.4, -0.2) is 53.6 Å². The lowest BCUT2D eigenvalue weighted by Crippen LogP contribution is -2.04. The van der Waals surface area contributed by atoms with Crippen molar-refractivity contribution in [2.45, 2.75) is 11.8 Å². The molecule has 178 valence electrons. The van der Waals surface area contributed by atoms with Crippen molar-refractivity contribution in [1.82, 2.24) is 24.7 Å². The van der Waals surface area contributed by atoms with E-state index < -0.39 is 9.84 Å². The van der Waals surface area contributed by atoms with Crippen LogP contribution in [0.5, 0.6) is 11.5 Å². The summed E-state index contributed by atoms with van der Waals surface area (Å²) < 4.78 is 41.4. The molecule has 0 saturated heterocycles. The summed E-state index contributed by atoms with van der Waals surface area (Å²) in [6, 6.07) is 10.2. The first-order chi connectivity index (χ1) is 16.8. The number of aromatic nitrogens is 5. The van der Waals surface area contributed by atoms with Crippen LogP contribution in [0.2, 0.25) is 0 Å². The number of benzene rings is 2. The van der Waals surface area contributed by atoms with Crippen molar-refractivity contribution in [1.29, 1.82) is 0 Å². The monoisotopic (exact) mass is 491 g/mol. The highest BCUT2D eigenvalue weighted by molar-refractivity contribution is 7.90. The summed E-state index contributed by atoms with van der Waals surface area (Å²) in [6.45, 7) is 1.76. The molecule has 0 amide bonds. The normalized spacial score (nSPS) is 11.7. The molecule has 0 atom stereocenters. The quantitative estimate of drug-likeness (QED) is 0.348. The number of ether oxygens (including phenoxy) is 2. The van der Waals surface area contributed by atoms with E-state index in [0.29, 0.717) is 45.6 Å². The fourth-order valence-electron chi connectivity index (χ4n) is 3.69. The van der Waals surface area contributed by atoms with E-state index in [1.807, 2.05) is 0 Å². The molecule has 0 radical (unpaired) electrons. The van der Waals surface area contributed by atoms with Crippen LogP contribution >= 0.6 is 0 Å². The van der Waals surface area contributed by atoms with Gasteiger partial charge in [0, 0.05) is 36.4 Å². The van der Waals surface area contributed by atoms with Crippen molar-refractivity contribution in [2.75, 3.05) is 20.5 Å². The molecule has 0 aliphatic heterocycles. The van der Waals surface area contributed by atoms with Crippen molar-refractivity contribution >= 4 is 20.7 Å². The predicted molar refractivity (Wildman–Crippen MR) is 129 cm³/mol. The van der Waals surface area contributed by atoms with Crippen LogP contribution in [0.15, 0.2) is 64.4 Å². The van der Waals surface area contributed by atoms with E-state index in [-0.39, 0.29) is 4.90 Å². The maximum absolute atomic E-state index is 11.8. The summed E-state index contributed by atoms with van der Waals surface area (Å²) >= 11 is 0. The number of fused-ring (bicyclic) bond motifs is 1. The molecule has 5 aromatic rings. The van der Waals surface area contributed by atoms with Crippen LogP contribution < -0.4 is 9.47 Å². The second-order valence-corrected chi connectivity index (χ2v) is 9.83. The van der Waals surface area contributed by atoms with E-state index in [1.165, 1.54) is 12.5 Å². The summed E-state index contributed by atoms with van der Waals surface area (Å²) in [5.41, 5.74) is 3.30. The fraction of sp³-hybridized carbons (Fsp3) is 0.167. The van der Waals surface area contributed by atoms with Gasteiger partial charge in [0.05, 0.1) is 30.8 Å². The van der Waals surface area contributed by atoms with Gasteiger partial charge in [-0.25, -0.2) is 28.1 Å². The molecule has 0 aliphatic carbocycles. The third kappa shape index (κ3) is 4.21. The van der Waals surface area contributed by atoms with Gasteiger partial charge in [0.25, 0.3) is 5.95 Å². The average molecular weight is 492 g/mol. The summed E-state index contributed by atoms with van der Waals surface area (Å²) in [5, 5.41) is 5.14. The Bertz CT molecular complexity index is 1660. The first kappa shape index (κ1) is 22.5. The Labute approximate surface area is 201 Å². The number of hydrogen-bond donors (Lipinski definition) is 0. The molecule has 0 bridgehead atoms. The molecule has 35 heavy (non-hydrogen) atoms. The second kappa shape index (κ2) is 8.51. The molecular formula is C24H21N5O5S. The molecule has 0 spiro atoms. The first-order valence-electron chi connectivity index (χ1n) is 10.5. The minimum Gasteiger partial charge on any atom is -0.493 e. The predicted octanol–water partition coefficient (Wildman–Crippen LogP) is 3.87. The van der Waals surface area contributed by atoms with Crippen molar-refractivity contribution in [3.05, 3.63) is 60.9 Å². The lowest BCUT2D eigenvalue weighted by Gasteiger charge is -2.11. The fourth-order valence-corrected chi connectivity index (χ4v) is 4.32. The van der Waals surface area contributed by atoms with E-state index in [0.717, 1.165) is 11.1 Å². The third-order valence-electron chi connectivity index (χ3n) is 5.45. The lowest BCUT2D eigenvalue weighted by atomic mass is 10.1. The zero-order chi connectivity index (χ0) is 24.7. The molecule has 0 unspecified atom stereocenters. The second-order valence-electron chi connectivity index (χ2n) is 7.82. The zero-order valence-electron chi connectivity index (χ0n) is 19.4. The number of hydrogen-bond acceptors (Lipinski definition) is 9. The number of oxazole rings is 1. The topological polar surface area (TPSA) is 122 Å². The average Bonchev–Trinajstić information content (AvgIpc) is 3.51. The van der Waals surface area contributed by atoms with E-state index in [2.05, 4.69) is 10.1 Å². The minimum absolute atomic E-state index is 0.253. The number of nitrogens with zero attached hydrogens (tertiary/aromatic N) is 5. The van der Waals surface area contributed by atoms with Crippen LogP contribution in [0.4, 0.5) is 0 Å². The Morgan fingerprint density at radius 3 is 2.29 bits per heavy atom. The van der Waals surface area contributed by atoms with Gasteiger partial charge >= 0.3 is 0 Å². The Morgan fingerprint density at radius 2 is 1.66 bits per heavy atom. The number of methoxy groups -OCH3 is 2. The van der Waals surface area contributed by atoms with Crippen LogP contribution in [0.3, 0.4) is 0 Å². The smallest absolute Gasteiger partial charge is 0.251 e. The summed E-state index contributed by atoms with van der Waals surface area (Å²) in [6.07, 6.45) is 6.15. The molecule has 3 aromatic heterocycles. The van der Waals surface area contributed by atoms with E-state index in [4.69, 9.17) is 23.9 Å².